The summed E-state index contributed by atoms with van der Waals surface area (Å²) in [6, 6.07) is 15.6. The molecule has 2 aromatic rings. The average Bonchev–Trinajstić information content (AvgIpc) is 2.50. The van der Waals surface area contributed by atoms with Crippen LogP contribution in [0.2, 0.25) is 5.02 Å². The largest absolute Gasteiger partial charge is 0.325 e. The second-order valence-electron chi connectivity index (χ2n) is 4.59. The maximum Gasteiger partial charge on any atom is 0.241 e. The molecule has 4 nitrogen and oxygen atoms in total. The number of benzene rings is 2. The number of nitrogens with one attached hydrogen (secondary N) is 1. The maximum atomic E-state index is 12.0. The van der Waals surface area contributed by atoms with Crippen molar-refractivity contribution in [2.45, 2.75) is 12.5 Å². The molecule has 2 rings (SSSR count). The van der Waals surface area contributed by atoms with Gasteiger partial charge in [-0.15, -0.1) is 0 Å². The fraction of sp³-hybridized carbons (Fsp3) is 0.125. The van der Waals surface area contributed by atoms with E-state index < -0.39 is 6.04 Å². The van der Waals surface area contributed by atoms with Gasteiger partial charge < -0.3 is 11.1 Å². The Balaban J connectivity index is 2.03. The molecule has 0 radical (unpaired) electrons. The third-order valence-corrected chi connectivity index (χ3v) is 3.32. The van der Waals surface area contributed by atoms with Crippen molar-refractivity contribution in [1.29, 1.82) is 5.26 Å². The quantitative estimate of drug-likeness (QED) is 0.911. The van der Waals surface area contributed by atoms with E-state index in [1.807, 2.05) is 36.4 Å². The Kier molecular flexibility index (Phi) is 4.94. The van der Waals surface area contributed by atoms with Crippen LogP contribution < -0.4 is 11.1 Å². The van der Waals surface area contributed by atoms with Gasteiger partial charge in [-0.3, -0.25) is 4.79 Å². The number of nitrogens with zero attached hydrogens (tertiary/aromatic N) is 1. The molecule has 1 amide bonds. The number of amides is 1. The minimum absolute atomic E-state index is 0.301. The molecular formula is C16H14ClN3O. The van der Waals surface area contributed by atoms with Crippen molar-refractivity contribution in [1.82, 2.24) is 0 Å². The first-order chi connectivity index (χ1) is 10.1. The zero-order chi connectivity index (χ0) is 15.2. The van der Waals surface area contributed by atoms with E-state index in [4.69, 9.17) is 22.6 Å². The molecule has 0 heterocycles. The molecule has 0 saturated carbocycles. The van der Waals surface area contributed by atoms with E-state index in [9.17, 15) is 4.79 Å². The van der Waals surface area contributed by atoms with Gasteiger partial charge in [-0.1, -0.05) is 41.9 Å². The molecule has 0 spiro atoms. The minimum Gasteiger partial charge on any atom is -0.325 e. The Bertz CT molecular complexity index is 680. The van der Waals surface area contributed by atoms with E-state index in [1.165, 1.54) is 6.07 Å². The number of rotatable bonds is 4. The molecule has 1 atom stereocenters. The number of hydrogen-bond donors (Lipinski definition) is 2. The summed E-state index contributed by atoms with van der Waals surface area (Å²) in [4.78, 5) is 12.0. The van der Waals surface area contributed by atoms with Crippen molar-refractivity contribution in [3.63, 3.8) is 0 Å². The number of nitrogens with two attached hydrogens (primary N) is 1. The third-order valence-electron chi connectivity index (χ3n) is 2.99. The summed E-state index contributed by atoms with van der Waals surface area (Å²) in [6.07, 6.45) is 0.450. The molecular weight excluding hydrogens is 286 g/mol. The van der Waals surface area contributed by atoms with Crippen molar-refractivity contribution < 1.29 is 4.79 Å². The van der Waals surface area contributed by atoms with Crippen molar-refractivity contribution in [2.75, 3.05) is 5.32 Å². The van der Waals surface area contributed by atoms with Crippen molar-refractivity contribution in [3.05, 3.63) is 64.7 Å². The number of anilines is 1. The van der Waals surface area contributed by atoms with Gasteiger partial charge in [-0.25, -0.2) is 0 Å². The van der Waals surface area contributed by atoms with Crippen LogP contribution in [-0.2, 0) is 11.2 Å². The van der Waals surface area contributed by atoms with Crippen LogP contribution in [0.3, 0.4) is 0 Å². The SMILES string of the molecule is N#Cc1cc(NC(=O)C(N)Cc2ccccc2)ccc1Cl. The van der Waals surface area contributed by atoms with Crippen molar-refractivity contribution >= 4 is 23.2 Å². The van der Waals surface area contributed by atoms with Crippen LogP contribution in [-0.4, -0.2) is 11.9 Å². The van der Waals surface area contributed by atoms with Gasteiger partial charge in [0.1, 0.15) is 6.07 Å². The Labute approximate surface area is 128 Å². The van der Waals surface area contributed by atoms with Gasteiger partial charge >= 0.3 is 0 Å². The molecule has 0 fully saturated rings. The molecule has 1 unspecified atom stereocenters. The van der Waals surface area contributed by atoms with Gasteiger partial charge in [-0.05, 0) is 30.2 Å². The lowest BCUT2D eigenvalue weighted by Gasteiger charge is -2.12. The zero-order valence-electron chi connectivity index (χ0n) is 11.2. The number of carbonyl (C=O) groups is 1. The lowest BCUT2D eigenvalue weighted by molar-refractivity contribution is -0.117. The molecule has 3 N–H and O–H groups in total. The number of hydrogen-bond acceptors (Lipinski definition) is 3. The zero-order valence-corrected chi connectivity index (χ0v) is 12.0. The maximum absolute atomic E-state index is 12.0. The number of nitriles is 1. The Morgan fingerprint density at radius 2 is 2.00 bits per heavy atom. The highest BCUT2D eigenvalue weighted by molar-refractivity contribution is 6.31. The highest BCUT2D eigenvalue weighted by Gasteiger charge is 2.14. The normalized spacial score (nSPS) is 11.5. The van der Waals surface area contributed by atoms with E-state index in [0.717, 1.165) is 5.56 Å². The summed E-state index contributed by atoms with van der Waals surface area (Å²) in [5, 5.41) is 12.0. The first-order valence-corrected chi connectivity index (χ1v) is 6.78. The van der Waals surface area contributed by atoms with Gasteiger partial charge in [0.2, 0.25) is 5.91 Å². The highest BCUT2D eigenvalue weighted by Crippen LogP contribution is 2.19. The Hall–Kier alpha value is -2.35. The molecule has 0 aromatic heterocycles. The van der Waals surface area contributed by atoms with Gasteiger partial charge in [0, 0.05) is 5.69 Å². The van der Waals surface area contributed by atoms with Crippen LogP contribution >= 0.6 is 11.6 Å². The summed E-state index contributed by atoms with van der Waals surface area (Å²) >= 11 is 5.84. The molecule has 0 aliphatic carbocycles. The number of halogens is 1. The summed E-state index contributed by atoms with van der Waals surface area (Å²) in [5.74, 6) is -0.301. The van der Waals surface area contributed by atoms with Crippen LogP contribution in [0.1, 0.15) is 11.1 Å². The fourth-order valence-electron chi connectivity index (χ4n) is 1.88. The molecule has 5 heteroatoms. The van der Waals surface area contributed by atoms with Crippen LogP contribution in [0.4, 0.5) is 5.69 Å². The van der Waals surface area contributed by atoms with Crippen LogP contribution in [0.15, 0.2) is 48.5 Å². The topological polar surface area (TPSA) is 78.9 Å². The predicted octanol–water partition coefficient (Wildman–Crippen LogP) is 2.72. The standard InChI is InChI=1S/C16H14ClN3O/c17-14-7-6-13(9-12(14)10-18)20-16(21)15(19)8-11-4-2-1-3-5-11/h1-7,9,15H,8,19H2,(H,20,21). The lowest BCUT2D eigenvalue weighted by atomic mass is 10.1. The van der Waals surface area contributed by atoms with Crippen LogP contribution in [0.5, 0.6) is 0 Å². The van der Waals surface area contributed by atoms with Gasteiger partial charge in [0.25, 0.3) is 0 Å². The predicted molar refractivity (Wildman–Crippen MR) is 82.9 cm³/mol. The van der Waals surface area contributed by atoms with Crippen LogP contribution in [0, 0.1) is 11.3 Å². The van der Waals surface area contributed by atoms with E-state index in [0.29, 0.717) is 22.7 Å². The first kappa shape index (κ1) is 15.0. The molecule has 2 aromatic carbocycles. The van der Waals surface area contributed by atoms with E-state index >= 15 is 0 Å². The summed E-state index contributed by atoms with van der Waals surface area (Å²) in [5.41, 5.74) is 7.70. The average molecular weight is 300 g/mol. The summed E-state index contributed by atoms with van der Waals surface area (Å²) in [6.45, 7) is 0. The molecule has 0 aliphatic rings. The third kappa shape index (κ3) is 4.06. The lowest BCUT2D eigenvalue weighted by Crippen LogP contribution is -2.37. The Morgan fingerprint density at radius 1 is 1.29 bits per heavy atom. The second-order valence-corrected chi connectivity index (χ2v) is 5.00. The fourth-order valence-corrected chi connectivity index (χ4v) is 2.04. The molecule has 0 saturated heterocycles. The first-order valence-electron chi connectivity index (χ1n) is 6.40. The van der Waals surface area contributed by atoms with Crippen molar-refractivity contribution in [3.8, 4) is 6.07 Å². The molecule has 21 heavy (non-hydrogen) atoms. The Morgan fingerprint density at radius 3 is 2.67 bits per heavy atom. The smallest absolute Gasteiger partial charge is 0.241 e. The van der Waals surface area contributed by atoms with E-state index in [1.54, 1.807) is 12.1 Å². The van der Waals surface area contributed by atoms with E-state index in [-0.39, 0.29) is 5.91 Å². The highest BCUT2D eigenvalue weighted by atomic mass is 35.5. The van der Waals surface area contributed by atoms with Gasteiger partial charge in [0.15, 0.2) is 0 Å². The summed E-state index contributed by atoms with van der Waals surface area (Å²) < 4.78 is 0. The summed E-state index contributed by atoms with van der Waals surface area (Å²) in [7, 11) is 0. The van der Waals surface area contributed by atoms with Gasteiger partial charge in [0.05, 0.1) is 16.6 Å². The van der Waals surface area contributed by atoms with Crippen LogP contribution in [0.25, 0.3) is 0 Å². The molecule has 0 bridgehead atoms. The number of carbonyl (C=O) groups excluding carboxylic acids is 1. The molecule has 106 valence electrons. The minimum atomic E-state index is -0.659. The monoisotopic (exact) mass is 299 g/mol. The van der Waals surface area contributed by atoms with E-state index in [2.05, 4.69) is 5.32 Å². The van der Waals surface area contributed by atoms with Gasteiger partial charge in [-0.2, -0.15) is 5.26 Å². The van der Waals surface area contributed by atoms with Crippen molar-refractivity contribution in [2.24, 2.45) is 5.73 Å². The molecule has 0 aliphatic heterocycles. The second kappa shape index (κ2) is 6.89.